The molecule has 0 bridgehead atoms. The van der Waals surface area contributed by atoms with Gasteiger partial charge in [-0.2, -0.15) is 0 Å². The van der Waals surface area contributed by atoms with Crippen molar-refractivity contribution in [2.24, 2.45) is 0 Å². The molecule has 0 saturated heterocycles. The third-order valence-corrected chi connectivity index (χ3v) is 2.40. The fourth-order valence-electron chi connectivity index (χ4n) is 1.54. The van der Waals surface area contributed by atoms with Gasteiger partial charge in [-0.25, -0.2) is 4.79 Å². The van der Waals surface area contributed by atoms with E-state index in [9.17, 15) is 19.2 Å². The molecule has 24 heavy (non-hydrogen) atoms. The molecule has 0 aliphatic heterocycles. The lowest BCUT2D eigenvalue weighted by atomic mass is 10.2. The van der Waals surface area contributed by atoms with E-state index in [-0.39, 0.29) is 26.2 Å². The Balaban J connectivity index is 4.78. The molecule has 1 atom stereocenters. The Hall–Kier alpha value is -2.32. The standard InChI is InChI=1S/C15H26N2O7/c1-6-22-11(18)8-10(17-14(21)24-15(3,4)5)13(20)16-9-12(19)23-7-2/h10H,6-9H2,1-5H3,(H,16,20)(H,17,21). The van der Waals surface area contributed by atoms with Gasteiger partial charge >= 0.3 is 18.0 Å². The summed E-state index contributed by atoms with van der Waals surface area (Å²) < 4.78 is 14.5. The Morgan fingerprint density at radius 2 is 1.50 bits per heavy atom. The van der Waals surface area contributed by atoms with Gasteiger partial charge in [-0.05, 0) is 34.6 Å². The maximum Gasteiger partial charge on any atom is 0.408 e. The summed E-state index contributed by atoms with van der Waals surface area (Å²) in [5.74, 6) is -2.01. The summed E-state index contributed by atoms with van der Waals surface area (Å²) in [6.07, 6.45) is -1.25. The van der Waals surface area contributed by atoms with E-state index in [4.69, 9.17) is 9.47 Å². The number of nitrogens with one attached hydrogen (secondary N) is 2. The number of amides is 2. The first kappa shape index (κ1) is 21.7. The molecule has 1 unspecified atom stereocenters. The zero-order valence-electron chi connectivity index (χ0n) is 14.8. The van der Waals surface area contributed by atoms with Crippen LogP contribution in [0.1, 0.15) is 41.0 Å². The Bertz CT molecular complexity index is 457. The number of esters is 2. The third kappa shape index (κ3) is 10.4. The van der Waals surface area contributed by atoms with Crippen LogP contribution in [0, 0.1) is 0 Å². The summed E-state index contributed by atoms with van der Waals surface area (Å²) >= 11 is 0. The van der Waals surface area contributed by atoms with E-state index in [2.05, 4.69) is 15.4 Å². The zero-order chi connectivity index (χ0) is 18.8. The van der Waals surface area contributed by atoms with Gasteiger partial charge in [0.1, 0.15) is 18.2 Å². The van der Waals surface area contributed by atoms with Gasteiger partial charge in [-0.1, -0.05) is 0 Å². The molecular weight excluding hydrogens is 320 g/mol. The molecule has 0 fully saturated rings. The topological polar surface area (TPSA) is 120 Å². The second-order valence-corrected chi connectivity index (χ2v) is 5.73. The van der Waals surface area contributed by atoms with Gasteiger partial charge in [0.2, 0.25) is 5.91 Å². The fraction of sp³-hybridized carbons (Fsp3) is 0.733. The number of rotatable bonds is 8. The van der Waals surface area contributed by atoms with Crippen molar-refractivity contribution in [1.29, 1.82) is 0 Å². The van der Waals surface area contributed by atoms with Crippen LogP contribution in [0.5, 0.6) is 0 Å². The van der Waals surface area contributed by atoms with Gasteiger partial charge in [0.15, 0.2) is 0 Å². The molecule has 0 aliphatic carbocycles. The van der Waals surface area contributed by atoms with Crippen molar-refractivity contribution in [3.63, 3.8) is 0 Å². The summed E-state index contributed by atoms with van der Waals surface area (Å²) in [5.41, 5.74) is -0.764. The van der Waals surface area contributed by atoms with Crippen molar-refractivity contribution < 1.29 is 33.4 Å². The Morgan fingerprint density at radius 3 is 2.00 bits per heavy atom. The number of carbonyl (C=O) groups is 4. The lowest BCUT2D eigenvalue weighted by Crippen LogP contribution is -2.50. The summed E-state index contributed by atoms with van der Waals surface area (Å²) in [6.45, 7) is 8.18. The summed E-state index contributed by atoms with van der Waals surface area (Å²) in [6, 6.07) is -1.23. The normalized spacial score (nSPS) is 11.9. The predicted molar refractivity (Wildman–Crippen MR) is 84.1 cm³/mol. The van der Waals surface area contributed by atoms with E-state index in [1.807, 2.05) is 0 Å². The number of carbonyl (C=O) groups excluding carboxylic acids is 4. The molecule has 138 valence electrons. The van der Waals surface area contributed by atoms with Gasteiger partial charge in [0.05, 0.1) is 19.6 Å². The Kier molecular flexibility index (Phi) is 9.44. The van der Waals surface area contributed by atoms with Crippen molar-refractivity contribution in [2.45, 2.75) is 52.7 Å². The van der Waals surface area contributed by atoms with Crippen molar-refractivity contribution >= 4 is 23.9 Å². The zero-order valence-corrected chi connectivity index (χ0v) is 14.8. The van der Waals surface area contributed by atoms with Gasteiger partial charge in [0.25, 0.3) is 0 Å². The maximum absolute atomic E-state index is 12.1. The maximum atomic E-state index is 12.1. The van der Waals surface area contributed by atoms with E-state index < -0.39 is 35.6 Å². The second-order valence-electron chi connectivity index (χ2n) is 5.73. The van der Waals surface area contributed by atoms with Crippen molar-refractivity contribution in [3.8, 4) is 0 Å². The molecule has 0 saturated carbocycles. The smallest absolute Gasteiger partial charge is 0.408 e. The number of hydrogen-bond donors (Lipinski definition) is 2. The third-order valence-electron chi connectivity index (χ3n) is 2.40. The fourth-order valence-corrected chi connectivity index (χ4v) is 1.54. The number of alkyl carbamates (subject to hydrolysis) is 1. The average Bonchev–Trinajstić information content (AvgIpc) is 2.42. The molecule has 9 nitrogen and oxygen atoms in total. The van der Waals surface area contributed by atoms with Crippen LogP contribution in [0.15, 0.2) is 0 Å². The summed E-state index contributed by atoms with van der Waals surface area (Å²) in [5, 5.41) is 4.58. The highest BCUT2D eigenvalue weighted by Crippen LogP contribution is 2.07. The highest BCUT2D eigenvalue weighted by Gasteiger charge is 2.27. The molecular formula is C15H26N2O7. The van der Waals surface area contributed by atoms with Gasteiger partial charge in [-0.3, -0.25) is 14.4 Å². The SMILES string of the molecule is CCOC(=O)CNC(=O)C(CC(=O)OCC)NC(=O)OC(C)(C)C. The highest BCUT2D eigenvalue weighted by molar-refractivity contribution is 5.91. The van der Waals surface area contributed by atoms with Crippen LogP contribution in [0.3, 0.4) is 0 Å². The summed E-state index contributed by atoms with van der Waals surface area (Å²) in [4.78, 5) is 46.7. The highest BCUT2D eigenvalue weighted by atomic mass is 16.6. The molecule has 0 spiro atoms. The monoisotopic (exact) mass is 346 g/mol. The first-order valence-electron chi connectivity index (χ1n) is 7.67. The van der Waals surface area contributed by atoms with Crippen LogP contribution < -0.4 is 10.6 Å². The van der Waals surface area contributed by atoms with Crippen LogP contribution >= 0.6 is 0 Å². The van der Waals surface area contributed by atoms with Crippen LogP contribution in [0.2, 0.25) is 0 Å². The van der Waals surface area contributed by atoms with E-state index in [1.54, 1.807) is 34.6 Å². The second kappa shape index (κ2) is 10.5. The predicted octanol–water partition coefficient (Wildman–Crippen LogP) is 0.512. The molecule has 0 aromatic carbocycles. The van der Waals surface area contributed by atoms with Crippen molar-refractivity contribution in [3.05, 3.63) is 0 Å². The number of ether oxygens (including phenoxy) is 3. The van der Waals surface area contributed by atoms with E-state index >= 15 is 0 Å². The molecule has 0 radical (unpaired) electrons. The first-order valence-corrected chi connectivity index (χ1v) is 7.67. The summed E-state index contributed by atoms with van der Waals surface area (Å²) in [7, 11) is 0. The Morgan fingerprint density at radius 1 is 0.958 bits per heavy atom. The Labute approximate surface area is 141 Å². The average molecular weight is 346 g/mol. The molecule has 0 rings (SSSR count). The van der Waals surface area contributed by atoms with Gasteiger partial charge < -0.3 is 24.8 Å². The van der Waals surface area contributed by atoms with E-state index in [0.717, 1.165) is 0 Å². The van der Waals surface area contributed by atoms with Gasteiger partial charge in [0, 0.05) is 0 Å². The van der Waals surface area contributed by atoms with Gasteiger partial charge in [-0.15, -0.1) is 0 Å². The minimum atomic E-state index is -1.23. The van der Waals surface area contributed by atoms with Crippen LogP contribution in [0.4, 0.5) is 4.79 Å². The lowest BCUT2D eigenvalue weighted by Gasteiger charge is -2.22. The quantitative estimate of drug-likeness (QED) is 0.485. The lowest BCUT2D eigenvalue weighted by molar-refractivity contribution is -0.145. The molecule has 0 heterocycles. The molecule has 0 aromatic heterocycles. The number of hydrogen-bond acceptors (Lipinski definition) is 7. The molecule has 2 amide bonds. The molecule has 0 aromatic rings. The minimum Gasteiger partial charge on any atom is -0.466 e. The molecule has 2 N–H and O–H groups in total. The molecule has 9 heteroatoms. The molecule has 0 aliphatic rings. The van der Waals surface area contributed by atoms with Crippen LogP contribution in [-0.2, 0) is 28.6 Å². The largest absolute Gasteiger partial charge is 0.466 e. The van der Waals surface area contributed by atoms with E-state index in [1.165, 1.54) is 0 Å². The van der Waals surface area contributed by atoms with Crippen LogP contribution in [0.25, 0.3) is 0 Å². The van der Waals surface area contributed by atoms with Crippen molar-refractivity contribution in [2.75, 3.05) is 19.8 Å². The first-order chi connectivity index (χ1) is 11.1. The van der Waals surface area contributed by atoms with E-state index in [0.29, 0.717) is 0 Å². The van der Waals surface area contributed by atoms with Crippen LogP contribution in [-0.4, -0.2) is 55.3 Å². The minimum absolute atomic E-state index is 0.141. The van der Waals surface area contributed by atoms with Crippen molar-refractivity contribution in [1.82, 2.24) is 10.6 Å².